The third kappa shape index (κ3) is 3.74. The van der Waals surface area contributed by atoms with Crippen LogP contribution in [0.1, 0.15) is 25.8 Å². The third-order valence-electron chi connectivity index (χ3n) is 3.29. The van der Waals surface area contributed by atoms with Gasteiger partial charge in [0.25, 0.3) is 5.56 Å². The van der Waals surface area contributed by atoms with Gasteiger partial charge >= 0.3 is 0 Å². The second-order valence-electron chi connectivity index (χ2n) is 5.07. The molecule has 0 aliphatic heterocycles. The highest BCUT2D eigenvalue weighted by atomic mass is 16.5. The van der Waals surface area contributed by atoms with E-state index in [0.29, 0.717) is 19.7 Å². The smallest absolute Gasteiger partial charge is 0.271 e. The second-order valence-corrected chi connectivity index (χ2v) is 5.07. The standard InChI is InChI=1S/C17H23N3O2/c1-4-9-20-17(21)14(12-18-3)11-16(19-20)13-7-6-8-15(10-13)22-5-2/h6-8,10-11,18H,4-5,9,12H2,1-3H3. The number of rotatable bonds is 7. The van der Waals surface area contributed by atoms with Gasteiger partial charge in [0.15, 0.2) is 0 Å². The van der Waals surface area contributed by atoms with Gasteiger partial charge < -0.3 is 10.1 Å². The minimum Gasteiger partial charge on any atom is -0.494 e. The topological polar surface area (TPSA) is 56.1 Å². The lowest BCUT2D eigenvalue weighted by molar-refractivity contribution is 0.340. The van der Waals surface area contributed by atoms with Crippen molar-refractivity contribution >= 4 is 0 Å². The van der Waals surface area contributed by atoms with Crippen LogP contribution in [0.25, 0.3) is 11.3 Å². The number of aryl methyl sites for hydroxylation is 1. The van der Waals surface area contributed by atoms with Gasteiger partial charge in [0.05, 0.1) is 12.3 Å². The molecule has 0 unspecified atom stereocenters. The van der Waals surface area contributed by atoms with E-state index in [2.05, 4.69) is 10.4 Å². The molecule has 2 rings (SSSR count). The normalized spacial score (nSPS) is 10.7. The molecule has 0 bridgehead atoms. The van der Waals surface area contributed by atoms with Crippen molar-refractivity contribution in [3.63, 3.8) is 0 Å². The summed E-state index contributed by atoms with van der Waals surface area (Å²) in [6, 6.07) is 9.65. The van der Waals surface area contributed by atoms with Crippen LogP contribution in [0.5, 0.6) is 5.75 Å². The van der Waals surface area contributed by atoms with Crippen molar-refractivity contribution < 1.29 is 4.74 Å². The molecule has 118 valence electrons. The number of nitrogens with one attached hydrogen (secondary N) is 1. The quantitative estimate of drug-likeness (QED) is 0.853. The van der Waals surface area contributed by atoms with Crippen LogP contribution in [-0.4, -0.2) is 23.4 Å². The molecule has 0 saturated carbocycles. The molecule has 0 radical (unpaired) electrons. The van der Waals surface area contributed by atoms with Crippen LogP contribution in [-0.2, 0) is 13.1 Å². The van der Waals surface area contributed by atoms with E-state index in [1.165, 1.54) is 0 Å². The fourth-order valence-electron chi connectivity index (χ4n) is 2.33. The highest BCUT2D eigenvalue weighted by Gasteiger charge is 2.10. The van der Waals surface area contributed by atoms with Gasteiger partial charge in [0.1, 0.15) is 5.75 Å². The van der Waals surface area contributed by atoms with Gasteiger partial charge in [-0.25, -0.2) is 4.68 Å². The molecule has 0 amide bonds. The van der Waals surface area contributed by atoms with E-state index < -0.39 is 0 Å². The first-order valence-electron chi connectivity index (χ1n) is 7.68. The van der Waals surface area contributed by atoms with Crippen LogP contribution < -0.4 is 15.6 Å². The molecule has 1 N–H and O–H groups in total. The molecular formula is C17H23N3O2. The molecule has 0 atom stereocenters. The van der Waals surface area contributed by atoms with Crippen molar-refractivity contribution in [2.24, 2.45) is 0 Å². The minimum atomic E-state index is -0.0269. The zero-order chi connectivity index (χ0) is 15.9. The van der Waals surface area contributed by atoms with Crippen LogP contribution in [0, 0.1) is 0 Å². The van der Waals surface area contributed by atoms with Crippen molar-refractivity contribution in [1.29, 1.82) is 0 Å². The summed E-state index contributed by atoms with van der Waals surface area (Å²) in [6.07, 6.45) is 0.869. The maximum absolute atomic E-state index is 12.3. The van der Waals surface area contributed by atoms with Crippen LogP contribution in [0.3, 0.4) is 0 Å². The molecule has 22 heavy (non-hydrogen) atoms. The first-order valence-corrected chi connectivity index (χ1v) is 7.68. The largest absolute Gasteiger partial charge is 0.494 e. The molecule has 1 aromatic heterocycles. The van der Waals surface area contributed by atoms with Crippen LogP contribution in [0.2, 0.25) is 0 Å². The molecule has 0 aliphatic rings. The highest BCUT2D eigenvalue weighted by Crippen LogP contribution is 2.22. The molecule has 5 heteroatoms. The van der Waals surface area contributed by atoms with Crippen LogP contribution in [0.15, 0.2) is 35.1 Å². The number of ether oxygens (including phenoxy) is 1. The van der Waals surface area contributed by atoms with E-state index in [4.69, 9.17) is 4.74 Å². The summed E-state index contributed by atoms with van der Waals surface area (Å²) < 4.78 is 7.09. The average molecular weight is 301 g/mol. The summed E-state index contributed by atoms with van der Waals surface area (Å²) in [7, 11) is 1.83. The maximum Gasteiger partial charge on any atom is 0.271 e. The summed E-state index contributed by atoms with van der Waals surface area (Å²) in [5.74, 6) is 0.810. The number of nitrogens with zero attached hydrogens (tertiary/aromatic N) is 2. The van der Waals surface area contributed by atoms with Gasteiger partial charge in [-0.3, -0.25) is 4.79 Å². The zero-order valence-corrected chi connectivity index (χ0v) is 13.4. The monoisotopic (exact) mass is 301 g/mol. The summed E-state index contributed by atoms with van der Waals surface area (Å²) in [4.78, 5) is 12.3. The first-order chi connectivity index (χ1) is 10.7. The number of hydrogen-bond donors (Lipinski definition) is 1. The lowest BCUT2D eigenvalue weighted by Crippen LogP contribution is -2.28. The average Bonchev–Trinajstić information content (AvgIpc) is 2.52. The van der Waals surface area contributed by atoms with Crippen LogP contribution >= 0.6 is 0 Å². The summed E-state index contributed by atoms with van der Waals surface area (Å²) in [5.41, 5.74) is 2.44. The minimum absolute atomic E-state index is 0.0269. The molecule has 1 heterocycles. The lowest BCUT2D eigenvalue weighted by atomic mass is 10.1. The first kappa shape index (κ1) is 16.2. The van der Waals surface area contributed by atoms with E-state index in [9.17, 15) is 4.79 Å². The summed E-state index contributed by atoms with van der Waals surface area (Å²) in [6.45, 7) is 5.76. The molecule has 0 aliphatic carbocycles. The van der Waals surface area contributed by atoms with Crippen molar-refractivity contribution in [3.8, 4) is 17.0 Å². The fraction of sp³-hybridized carbons (Fsp3) is 0.412. The lowest BCUT2D eigenvalue weighted by Gasteiger charge is -2.11. The van der Waals surface area contributed by atoms with Crippen LogP contribution in [0.4, 0.5) is 0 Å². The number of hydrogen-bond acceptors (Lipinski definition) is 4. The zero-order valence-electron chi connectivity index (χ0n) is 13.4. The van der Waals surface area contributed by atoms with Gasteiger partial charge in [0, 0.05) is 24.2 Å². The summed E-state index contributed by atoms with van der Waals surface area (Å²) in [5, 5.41) is 7.54. The van der Waals surface area contributed by atoms with E-state index in [-0.39, 0.29) is 5.56 Å². The Hall–Kier alpha value is -2.14. The van der Waals surface area contributed by atoms with Gasteiger partial charge in [-0.2, -0.15) is 5.10 Å². The summed E-state index contributed by atoms with van der Waals surface area (Å²) >= 11 is 0. The molecule has 1 aromatic carbocycles. The highest BCUT2D eigenvalue weighted by molar-refractivity contribution is 5.61. The molecule has 0 saturated heterocycles. The van der Waals surface area contributed by atoms with E-state index in [1.807, 2.05) is 51.2 Å². The van der Waals surface area contributed by atoms with Gasteiger partial charge in [-0.05, 0) is 38.6 Å². The number of aromatic nitrogens is 2. The third-order valence-corrected chi connectivity index (χ3v) is 3.29. The van der Waals surface area contributed by atoms with Crippen molar-refractivity contribution in [2.45, 2.75) is 33.4 Å². The van der Waals surface area contributed by atoms with E-state index >= 15 is 0 Å². The molecule has 5 nitrogen and oxygen atoms in total. The van der Waals surface area contributed by atoms with Gasteiger partial charge in [-0.15, -0.1) is 0 Å². The maximum atomic E-state index is 12.3. The Labute approximate surface area is 130 Å². The Morgan fingerprint density at radius 3 is 2.77 bits per heavy atom. The van der Waals surface area contributed by atoms with E-state index in [0.717, 1.165) is 29.0 Å². The molecule has 0 spiro atoms. The molecule has 2 aromatic rings. The predicted molar refractivity (Wildman–Crippen MR) is 88.2 cm³/mol. The molecule has 0 fully saturated rings. The van der Waals surface area contributed by atoms with Crippen molar-refractivity contribution in [1.82, 2.24) is 15.1 Å². The Morgan fingerprint density at radius 2 is 2.09 bits per heavy atom. The van der Waals surface area contributed by atoms with Gasteiger partial charge in [0.2, 0.25) is 0 Å². The van der Waals surface area contributed by atoms with E-state index in [1.54, 1.807) is 4.68 Å². The Kier molecular flexibility index (Phi) is 5.72. The van der Waals surface area contributed by atoms with Gasteiger partial charge in [-0.1, -0.05) is 19.1 Å². The predicted octanol–water partition coefficient (Wildman–Crippen LogP) is 2.44. The second kappa shape index (κ2) is 7.75. The Morgan fingerprint density at radius 1 is 1.27 bits per heavy atom. The molecular weight excluding hydrogens is 278 g/mol. The Balaban J connectivity index is 2.49. The van der Waals surface area contributed by atoms with Crippen molar-refractivity contribution in [3.05, 3.63) is 46.2 Å². The SMILES string of the molecule is CCCn1nc(-c2cccc(OCC)c2)cc(CNC)c1=O. The van der Waals surface area contributed by atoms with Crippen molar-refractivity contribution in [2.75, 3.05) is 13.7 Å². The number of benzene rings is 1. The Bertz CT molecular complexity index is 650. The fourth-order valence-corrected chi connectivity index (χ4v) is 2.33.